The highest BCUT2D eigenvalue weighted by molar-refractivity contribution is 5.90. The average molecular weight is 496 g/mol. The Hall–Kier alpha value is -3.59. The highest BCUT2D eigenvalue weighted by Crippen LogP contribution is 2.28. The highest BCUT2D eigenvalue weighted by Gasteiger charge is 2.37. The van der Waals surface area contributed by atoms with Crippen LogP contribution in [0.15, 0.2) is 48.5 Å². The fraction of sp³-hybridized carbons (Fsp3) is 0.444. The number of fused-ring (bicyclic) bond motifs is 1. The fourth-order valence-corrected chi connectivity index (χ4v) is 4.51. The van der Waals surface area contributed by atoms with Gasteiger partial charge in [0.15, 0.2) is 0 Å². The van der Waals surface area contributed by atoms with Gasteiger partial charge in [-0.25, -0.2) is 9.59 Å². The molecular formula is C27H33N3O6. The van der Waals surface area contributed by atoms with Crippen LogP contribution < -0.4 is 4.90 Å². The lowest BCUT2D eigenvalue weighted by atomic mass is 9.98. The van der Waals surface area contributed by atoms with Crippen LogP contribution >= 0.6 is 0 Å². The first kappa shape index (κ1) is 25.5. The minimum Gasteiger partial charge on any atom is -0.465 e. The van der Waals surface area contributed by atoms with Gasteiger partial charge in [0.05, 0.1) is 19.7 Å². The molecule has 9 heteroatoms. The standard InChI is InChI=1S/C27H33N3O6/c1-27(2,3)30(25(32)33)16-23-15-29(26(34)36-23)22-10-9-21-14-28(12-11-20(21)13-22)24(31)18-35-17-19-7-5-4-6-8-19/h4-10,13,23H,11-12,14-18H2,1-3H3,(H,32,33)/t23-/m0/s1. The predicted molar refractivity (Wildman–Crippen MR) is 134 cm³/mol. The maximum atomic E-state index is 12.6. The summed E-state index contributed by atoms with van der Waals surface area (Å²) in [6, 6.07) is 15.5. The first-order valence-corrected chi connectivity index (χ1v) is 12.1. The van der Waals surface area contributed by atoms with Crippen molar-refractivity contribution in [3.63, 3.8) is 0 Å². The number of cyclic esters (lactones) is 1. The van der Waals surface area contributed by atoms with Gasteiger partial charge in [-0.15, -0.1) is 0 Å². The molecule has 2 heterocycles. The summed E-state index contributed by atoms with van der Waals surface area (Å²) in [7, 11) is 0. The molecule has 3 amide bonds. The second-order valence-electron chi connectivity index (χ2n) is 10.2. The second kappa shape index (κ2) is 10.6. The zero-order valence-electron chi connectivity index (χ0n) is 21.0. The molecule has 2 aliphatic rings. The van der Waals surface area contributed by atoms with Crippen molar-refractivity contribution in [3.05, 3.63) is 65.2 Å². The van der Waals surface area contributed by atoms with E-state index in [1.165, 1.54) is 4.90 Å². The number of ether oxygens (including phenoxy) is 2. The van der Waals surface area contributed by atoms with E-state index >= 15 is 0 Å². The molecule has 9 nitrogen and oxygen atoms in total. The first-order chi connectivity index (χ1) is 17.1. The number of carboxylic acid groups (broad SMARTS) is 1. The number of hydrogen-bond acceptors (Lipinski definition) is 5. The van der Waals surface area contributed by atoms with Crippen molar-refractivity contribution in [2.75, 3.05) is 31.1 Å². The average Bonchev–Trinajstić information content (AvgIpc) is 3.21. The Morgan fingerprint density at radius 1 is 1.14 bits per heavy atom. The topological polar surface area (TPSA) is 99.6 Å². The van der Waals surface area contributed by atoms with Crippen LogP contribution in [0.5, 0.6) is 0 Å². The molecule has 4 rings (SSSR count). The number of carbonyl (C=O) groups is 3. The minimum absolute atomic E-state index is 0.0330. The minimum atomic E-state index is -1.05. The summed E-state index contributed by atoms with van der Waals surface area (Å²) in [6.07, 6.45) is -1.40. The van der Waals surface area contributed by atoms with Gasteiger partial charge in [0.2, 0.25) is 5.91 Å². The third kappa shape index (κ3) is 5.96. The molecule has 1 atom stereocenters. The van der Waals surface area contributed by atoms with Crippen molar-refractivity contribution < 1.29 is 29.0 Å². The van der Waals surface area contributed by atoms with Crippen molar-refractivity contribution in [1.29, 1.82) is 0 Å². The van der Waals surface area contributed by atoms with Crippen LogP contribution in [-0.4, -0.2) is 70.9 Å². The van der Waals surface area contributed by atoms with Crippen molar-refractivity contribution in [3.8, 4) is 0 Å². The number of amides is 3. The largest absolute Gasteiger partial charge is 0.465 e. The molecule has 0 aromatic heterocycles. The molecule has 0 aliphatic carbocycles. The van der Waals surface area contributed by atoms with E-state index in [9.17, 15) is 19.5 Å². The van der Waals surface area contributed by atoms with Crippen LogP contribution in [0.25, 0.3) is 0 Å². The molecule has 2 aromatic carbocycles. The summed E-state index contributed by atoms with van der Waals surface area (Å²) in [5.41, 5.74) is 3.26. The van der Waals surface area contributed by atoms with Gasteiger partial charge in [0.1, 0.15) is 12.7 Å². The molecule has 36 heavy (non-hydrogen) atoms. The van der Waals surface area contributed by atoms with Gasteiger partial charge in [0, 0.05) is 24.3 Å². The van der Waals surface area contributed by atoms with E-state index < -0.39 is 23.8 Å². The normalized spacial score (nSPS) is 17.5. The summed E-state index contributed by atoms with van der Waals surface area (Å²) in [5.74, 6) is -0.0477. The van der Waals surface area contributed by atoms with Gasteiger partial charge in [-0.05, 0) is 56.0 Å². The van der Waals surface area contributed by atoms with E-state index in [2.05, 4.69) is 0 Å². The molecule has 0 unspecified atom stereocenters. The number of benzene rings is 2. The second-order valence-corrected chi connectivity index (χ2v) is 10.2. The van der Waals surface area contributed by atoms with Crippen LogP contribution in [0.4, 0.5) is 15.3 Å². The summed E-state index contributed by atoms with van der Waals surface area (Å²) < 4.78 is 11.1. The predicted octanol–water partition coefficient (Wildman–Crippen LogP) is 3.89. The van der Waals surface area contributed by atoms with Crippen LogP contribution in [-0.2, 0) is 33.8 Å². The maximum absolute atomic E-state index is 12.6. The van der Waals surface area contributed by atoms with Crippen LogP contribution in [0, 0.1) is 0 Å². The molecule has 1 fully saturated rings. The Bertz CT molecular complexity index is 1110. The third-order valence-corrected chi connectivity index (χ3v) is 6.50. The molecule has 1 saturated heterocycles. The molecule has 0 spiro atoms. The molecule has 0 radical (unpaired) electrons. The van der Waals surface area contributed by atoms with Gasteiger partial charge in [-0.2, -0.15) is 0 Å². The van der Waals surface area contributed by atoms with Gasteiger partial charge in [-0.3, -0.25) is 14.6 Å². The van der Waals surface area contributed by atoms with E-state index in [1.807, 2.05) is 69.3 Å². The Kier molecular flexibility index (Phi) is 7.49. The Labute approximate surface area is 211 Å². The van der Waals surface area contributed by atoms with E-state index in [4.69, 9.17) is 9.47 Å². The Balaban J connectivity index is 1.34. The van der Waals surface area contributed by atoms with E-state index in [0.29, 0.717) is 31.8 Å². The van der Waals surface area contributed by atoms with Crippen molar-refractivity contribution in [2.45, 2.75) is 52.0 Å². The number of rotatable bonds is 7. The van der Waals surface area contributed by atoms with Gasteiger partial charge in [-0.1, -0.05) is 36.4 Å². The number of hydrogen-bond donors (Lipinski definition) is 1. The van der Waals surface area contributed by atoms with Gasteiger partial charge < -0.3 is 19.5 Å². The zero-order chi connectivity index (χ0) is 25.9. The molecular weight excluding hydrogens is 462 g/mol. The van der Waals surface area contributed by atoms with Crippen LogP contribution in [0.3, 0.4) is 0 Å². The lowest BCUT2D eigenvalue weighted by Gasteiger charge is -2.34. The summed E-state index contributed by atoms with van der Waals surface area (Å²) in [6.45, 7) is 7.31. The van der Waals surface area contributed by atoms with Crippen LogP contribution in [0.2, 0.25) is 0 Å². The highest BCUT2D eigenvalue weighted by atomic mass is 16.6. The lowest BCUT2D eigenvalue weighted by Crippen LogP contribution is -2.49. The van der Waals surface area contributed by atoms with Crippen molar-refractivity contribution in [2.24, 2.45) is 0 Å². The molecule has 0 bridgehead atoms. The lowest BCUT2D eigenvalue weighted by molar-refractivity contribution is -0.137. The van der Waals surface area contributed by atoms with E-state index in [-0.39, 0.29) is 25.6 Å². The molecule has 2 aromatic rings. The monoisotopic (exact) mass is 495 g/mol. The third-order valence-electron chi connectivity index (χ3n) is 6.50. The van der Waals surface area contributed by atoms with Crippen LogP contribution in [0.1, 0.15) is 37.5 Å². The van der Waals surface area contributed by atoms with Gasteiger partial charge >= 0.3 is 12.2 Å². The SMILES string of the molecule is CC(C)(C)N(C[C@@H]1CN(c2ccc3c(c2)CCN(C(=O)COCc2ccccc2)C3)C(=O)O1)C(=O)O. The fourth-order valence-electron chi connectivity index (χ4n) is 4.51. The van der Waals surface area contributed by atoms with Crippen molar-refractivity contribution >= 4 is 23.8 Å². The Morgan fingerprint density at radius 3 is 2.58 bits per heavy atom. The maximum Gasteiger partial charge on any atom is 0.414 e. The molecule has 2 aliphatic heterocycles. The number of anilines is 1. The Morgan fingerprint density at radius 2 is 1.89 bits per heavy atom. The quantitative estimate of drug-likeness (QED) is 0.626. The van der Waals surface area contributed by atoms with E-state index in [0.717, 1.165) is 16.7 Å². The van der Waals surface area contributed by atoms with Crippen molar-refractivity contribution in [1.82, 2.24) is 9.80 Å². The number of carbonyl (C=O) groups excluding carboxylic acids is 2. The first-order valence-electron chi connectivity index (χ1n) is 12.1. The van der Waals surface area contributed by atoms with E-state index in [1.54, 1.807) is 9.80 Å². The summed E-state index contributed by atoms with van der Waals surface area (Å²) >= 11 is 0. The summed E-state index contributed by atoms with van der Waals surface area (Å²) in [4.78, 5) is 41.5. The molecule has 192 valence electrons. The molecule has 1 N–H and O–H groups in total. The smallest absolute Gasteiger partial charge is 0.414 e. The van der Waals surface area contributed by atoms with Gasteiger partial charge in [0.25, 0.3) is 0 Å². The number of nitrogens with zero attached hydrogens (tertiary/aromatic N) is 3. The molecule has 0 saturated carbocycles. The zero-order valence-corrected chi connectivity index (χ0v) is 21.0. The summed E-state index contributed by atoms with van der Waals surface area (Å²) in [5, 5.41) is 9.55.